The molecule has 1 radical (unpaired) electrons. The van der Waals surface area contributed by atoms with Crippen LogP contribution in [-0.2, 0) is 9.47 Å². The molecule has 0 rings (SSSR count). The van der Waals surface area contributed by atoms with Gasteiger partial charge in [0, 0.05) is 26.2 Å². The van der Waals surface area contributed by atoms with Crippen molar-refractivity contribution >= 4 is 0 Å². The van der Waals surface area contributed by atoms with Crippen LogP contribution < -0.4 is 5.32 Å². The highest BCUT2D eigenvalue weighted by atomic mass is 16.5. The van der Waals surface area contributed by atoms with Crippen molar-refractivity contribution in [2.24, 2.45) is 0 Å². The molecule has 0 N–H and O–H groups in total. The summed E-state index contributed by atoms with van der Waals surface area (Å²) in [6.07, 6.45) is 0. The normalized spacial score (nSPS) is 11.6. The molecule has 0 saturated heterocycles. The molecule has 17 heavy (non-hydrogen) atoms. The molecule has 0 aliphatic rings. The Bertz CT molecular complexity index is 139. The van der Waals surface area contributed by atoms with Gasteiger partial charge in [-0.3, -0.25) is 0 Å². The van der Waals surface area contributed by atoms with Gasteiger partial charge in [0.25, 0.3) is 0 Å². The van der Waals surface area contributed by atoms with E-state index in [0.29, 0.717) is 13.2 Å². The van der Waals surface area contributed by atoms with E-state index in [-0.39, 0.29) is 0 Å². The summed E-state index contributed by atoms with van der Waals surface area (Å²) in [5.74, 6) is 0. The number of hydrogen-bond acceptors (Lipinski definition) is 4. The lowest BCUT2D eigenvalue weighted by Gasteiger charge is -2.10. The molecule has 0 bridgehead atoms. The first-order valence-corrected chi connectivity index (χ1v) is 6.21. The molecular weight excluding hydrogens is 218 g/mol. The van der Waals surface area contributed by atoms with Crippen molar-refractivity contribution in [1.82, 2.24) is 15.1 Å². The number of rotatable bonds is 12. The molecular formula is C12H28N3O2. The molecule has 103 valence electrons. The van der Waals surface area contributed by atoms with Crippen LogP contribution in [0.3, 0.4) is 0 Å². The third-order valence-corrected chi connectivity index (χ3v) is 2.15. The summed E-state index contributed by atoms with van der Waals surface area (Å²) in [7, 11) is 8.16. The lowest BCUT2D eigenvalue weighted by molar-refractivity contribution is 0.106. The second kappa shape index (κ2) is 12.3. The van der Waals surface area contributed by atoms with Crippen molar-refractivity contribution in [2.45, 2.75) is 0 Å². The standard InChI is InChI=1S/C12H28N3O2/c1-14(2)7-11-16-9-5-13-6-10-17-12-8-15(3)4/h5-12H2,1-4H3. The fourth-order valence-corrected chi connectivity index (χ4v) is 1.07. The Morgan fingerprint density at radius 2 is 1.12 bits per heavy atom. The van der Waals surface area contributed by atoms with Gasteiger partial charge in [-0.05, 0) is 28.2 Å². The van der Waals surface area contributed by atoms with E-state index in [2.05, 4.69) is 15.1 Å². The van der Waals surface area contributed by atoms with E-state index in [4.69, 9.17) is 9.47 Å². The summed E-state index contributed by atoms with van der Waals surface area (Å²) in [6, 6.07) is 0. The second-order valence-corrected chi connectivity index (χ2v) is 4.50. The number of nitrogens with zero attached hydrogens (tertiary/aromatic N) is 3. The lowest BCUT2D eigenvalue weighted by Crippen LogP contribution is -2.23. The Morgan fingerprint density at radius 1 is 0.706 bits per heavy atom. The maximum absolute atomic E-state index is 5.42. The predicted octanol–water partition coefficient (Wildman–Crippen LogP) is -0.253. The molecule has 0 saturated carbocycles. The first-order valence-electron chi connectivity index (χ1n) is 6.21. The van der Waals surface area contributed by atoms with Crippen LogP contribution in [-0.4, -0.2) is 90.6 Å². The van der Waals surface area contributed by atoms with Crippen molar-refractivity contribution in [1.29, 1.82) is 0 Å². The van der Waals surface area contributed by atoms with Crippen LogP contribution in [0.4, 0.5) is 0 Å². The summed E-state index contributed by atoms with van der Waals surface area (Å²) in [5.41, 5.74) is 0. The summed E-state index contributed by atoms with van der Waals surface area (Å²) in [4.78, 5) is 4.21. The van der Waals surface area contributed by atoms with Gasteiger partial charge in [-0.25, -0.2) is 5.32 Å². The topological polar surface area (TPSA) is 39.0 Å². The third kappa shape index (κ3) is 15.8. The minimum absolute atomic E-state index is 0.714. The molecule has 0 atom stereocenters. The van der Waals surface area contributed by atoms with E-state index in [1.807, 2.05) is 28.2 Å². The Balaban J connectivity index is 2.94. The van der Waals surface area contributed by atoms with Gasteiger partial charge in [-0.2, -0.15) is 0 Å². The monoisotopic (exact) mass is 246 g/mol. The Labute approximate surface area is 106 Å². The molecule has 0 spiro atoms. The molecule has 0 unspecified atom stereocenters. The fraction of sp³-hybridized carbons (Fsp3) is 1.00. The minimum Gasteiger partial charge on any atom is -0.379 e. The molecule has 0 fully saturated rings. The summed E-state index contributed by atoms with van der Waals surface area (Å²) >= 11 is 0. The van der Waals surface area contributed by atoms with Crippen molar-refractivity contribution in [3.05, 3.63) is 0 Å². The molecule has 5 nitrogen and oxygen atoms in total. The van der Waals surface area contributed by atoms with Crippen molar-refractivity contribution in [3.8, 4) is 0 Å². The average Bonchev–Trinajstić information content (AvgIpc) is 2.25. The van der Waals surface area contributed by atoms with E-state index in [1.54, 1.807) is 0 Å². The zero-order chi connectivity index (χ0) is 12.9. The largest absolute Gasteiger partial charge is 0.379 e. The number of hydrogen-bond donors (Lipinski definition) is 0. The van der Waals surface area contributed by atoms with Gasteiger partial charge in [0.05, 0.1) is 26.4 Å². The number of ether oxygens (including phenoxy) is 2. The van der Waals surface area contributed by atoms with Crippen molar-refractivity contribution < 1.29 is 9.47 Å². The summed E-state index contributed by atoms with van der Waals surface area (Å²) < 4.78 is 10.8. The van der Waals surface area contributed by atoms with Gasteiger partial charge in [0.2, 0.25) is 0 Å². The van der Waals surface area contributed by atoms with Crippen LogP contribution in [0, 0.1) is 0 Å². The van der Waals surface area contributed by atoms with Crippen molar-refractivity contribution in [3.63, 3.8) is 0 Å². The van der Waals surface area contributed by atoms with E-state index in [1.165, 1.54) is 0 Å². The van der Waals surface area contributed by atoms with Crippen LogP contribution in [0.2, 0.25) is 0 Å². The summed E-state index contributed by atoms with van der Waals surface area (Å²) in [6.45, 7) is 6.46. The Hall–Kier alpha value is -0.200. The minimum atomic E-state index is 0.714. The zero-order valence-corrected chi connectivity index (χ0v) is 11.8. The maximum atomic E-state index is 5.42. The first kappa shape index (κ1) is 16.8. The summed E-state index contributed by atoms with van der Waals surface area (Å²) in [5, 5.41) is 4.33. The van der Waals surface area contributed by atoms with Gasteiger partial charge in [0.1, 0.15) is 0 Å². The lowest BCUT2D eigenvalue weighted by atomic mass is 10.6. The molecule has 0 aliphatic heterocycles. The van der Waals surface area contributed by atoms with E-state index in [0.717, 1.165) is 39.4 Å². The van der Waals surface area contributed by atoms with E-state index in [9.17, 15) is 0 Å². The van der Waals surface area contributed by atoms with Crippen LogP contribution in [0.25, 0.3) is 0 Å². The molecule has 0 aromatic rings. The average molecular weight is 246 g/mol. The van der Waals surface area contributed by atoms with Gasteiger partial charge in [0.15, 0.2) is 0 Å². The van der Waals surface area contributed by atoms with Gasteiger partial charge >= 0.3 is 0 Å². The van der Waals surface area contributed by atoms with Crippen LogP contribution >= 0.6 is 0 Å². The highest BCUT2D eigenvalue weighted by Gasteiger charge is 1.94. The Kier molecular flexibility index (Phi) is 12.1. The number of likely N-dealkylation sites (N-methyl/N-ethyl adjacent to an activating group) is 2. The maximum Gasteiger partial charge on any atom is 0.0608 e. The molecule has 0 amide bonds. The second-order valence-electron chi connectivity index (χ2n) is 4.50. The quantitative estimate of drug-likeness (QED) is 0.445. The smallest absolute Gasteiger partial charge is 0.0608 e. The molecule has 5 heteroatoms. The highest BCUT2D eigenvalue weighted by molar-refractivity contribution is 4.47. The molecule has 0 heterocycles. The van der Waals surface area contributed by atoms with Crippen LogP contribution in [0.1, 0.15) is 0 Å². The first-order chi connectivity index (χ1) is 8.13. The van der Waals surface area contributed by atoms with Gasteiger partial charge in [-0.1, -0.05) is 0 Å². The molecule has 0 aromatic heterocycles. The van der Waals surface area contributed by atoms with Crippen LogP contribution in [0.5, 0.6) is 0 Å². The van der Waals surface area contributed by atoms with E-state index < -0.39 is 0 Å². The zero-order valence-electron chi connectivity index (χ0n) is 11.8. The van der Waals surface area contributed by atoms with Crippen molar-refractivity contribution in [2.75, 3.05) is 80.8 Å². The molecule has 0 aliphatic carbocycles. The SMILES string of the molecule is CN(C)CCOCC[N]CCOCCN(C)C. The van der Waals surface area contributed by atoms with Crippen LogP contribution in [0.15, 0.2) is 0 Å². The fourth-order valence-electron chi connectivity index (χ4n) is 1.07. The van der Waals surface area contributed by atoms with Gasteiger partial charge in [-0.15, -0.1) is 0 Å². The van der Waals surface area contributed by atoms with E-state index >= 15 is 0 Å². The van der Waals surface area contributed by atoms with Gasteiger partial charge < -0.3 is 19.3 Å². The molecule has 0 aromatic carbocycles. The highest BCUT2D eigenvalue weighted by Crippen LogP contribution is 1.80. The third-order valence-electron chi connectivity index (χ3n) is 2.15. The predicted molar refractivity (Wildman–Crippen MR) is 70.6 cm³/mol. The Morgan fingerprint density at radius 3 is 1.47 bits per heavy atom.